The van der Waals surface area contributed by atoms with Crippen molar-refractivity contribution in [2.24, 2.45) is 5.92 Å². The lowest BCUT2D eigenvalue weighted by atomic mass is 10.0. The molecule has 46 heavy (non-hydrogen) atoms. The summed E-state index contributed by atoms with van der Waals surface area (Å²) in [5.74, 6) is -0.421. The van der Waals surface area contributed by atoms with Crippen molar-refractivity contribution in [3.8, 4) is 5.75 Å². The van der Waals surface area contributed by atoms with Crippen LogP contribution in [0.15, 0.2) is 108 Å². The lowest BCUT2D eigenvalue weighted by Gasteiger charge is -2.34. The van der Waals surface area contributed by atoms with Crippen LogP contribution in [0.5, 0.6) is 5.75 Å². The lowest BCUT2D eigenvalue weighted by molar-refractivity contribution is -0.140. The molecular weight excluding hydrogens is 645 g/mol. The van der Waals surface area contributed by atoms with Gasteiger partial charge in [-0.15, -0.1) is 0 Å². The van der Waals surface area contributed by atoms with Crippen LogP contribution in [-0.4, -0.2) is 51.4 Å². The maximum Gasteiger partial charge on any atom is 0.264 e. The van der Waals surface area contributed by atoms with Crippen molar-refractivity contribution >= 4 is 50.7 Å². The summed E-state index contributed by atoms with van der Waals surface area (Å²) in [6.45, 7) is 3.77. The number of ether oxygens (including phenoxy) is 1. The third-order valence-electron chi connectivity index (χ3n) is 7.23. The maximum atomic E-state index is 14.5. The average molecular weight is 683 g/mol. The predicted molar refractivity (Wildman–Crippen MR) is 183 cm³/mol. The summed E-state index contributed by atoms with van der Waals surface area (Å²) in [4.78, 5) is 29.8. The van der Waals surface area contributed by atoms with Gasteiger partial charge in [0.15, 0.2) is 0 Å². The van der Waals surface area contributed by atoms with Gasteiger partial charge in [-0.05, 0) is 59.5 Å². The first-order chi connectivity index (χ1) is 22.0. The van der Waals surface area contributed by atoms with E-state index in [4.69, 9.17) is 27.9 Å². The van der Waals surface area contributed by atoms with Crippen molar-refractivity contribution < 1.29 is 22.7 Å². The number of rotatable bonds is 14. The third kappa shape index (κ3) is 9.02. The Hall–Kier alpha value is -4.05. The molecule has 1 N–H and O–H groups in total. The minimum atomic E-state index is -4.26. The number of hydrogen-bond acceptors (Lipinski definition) is 5. The van der Waals surface area contributed by atoms with E-state index in [9.17, 15) is 18.0 Å². The molecule has 0 unspecified atom stereocenters. The molecule has 0 radical (unpaired) electrons. The predicted octanol–water partition coefficient (Wildman–Crippen LogP) is 6.61. The van der Waals surface area contributed by atoms with Crippen LogP contribution in [0.3, 0.4) is 0 Å². The van der Waals surface area contributed by atoms with Crippen molar-refractivity contribution in [2.45, 2.75) is 37.8 Å². The van der Waals surface area contributed by atoms with Gasteiger partial charge in [0.1, 0.15) is 18.3 Å². The highest BCUT2D eigenvalue weighted by molar-refractivity contribution is 7.92. The molecule has 0 aliphatic rings. The zero-order valence-corrected chi connectivity index (χ0v) is 28.2. The summed E-state index contributed by atoms with van der Waals surface area (Å²) >= 11 is 12.7. The van der Waals surface area contributed by atoms with Crippen molar-refractivity contribution in [3.05, 3.63) is 124 Å². The number of nitrogens with one attached hydrogen (secondary N) is 1. The minimum Gasteiger partial charge on any atom is -0.495 e. The molecule has 4 aromatic carbocycles. The number of methoxy groups -OCH3 is 1. The molecule has 0 spiro atoms. The monoisotopic (exact) mass is 681 g/mol. The van der Waals surface area contributed by atoms with Gasteiger partial charge >= 0.3 is 0 Å². The fourth-order valence-corrected chi connectivity index (χ4v) is 6.76. The summed E-state index contributed by atoms with van der Waals surface area (Å²) in [7, 11) is -2.81. The second-order valence-electron chi connectivity index (χ2n) is 11.1. The molecule has 0 saturated heterocycles. The van der Waals surface area contributed by atoms with Gasteiger partial charge in [0.2, 0.25) is 11.8 Å². The summed E-state index contributed by atoms with van der Waals surface area (Å²) in [5, 5.41) is 3.61. The molecule has 0 saturated carbocycles. The molecule has 11 heteroatoms. The van der Waals surface area contributed by atoms with Crippen LogP contribution in [0, 0.1) is 5.92 Å². The van der Waals surface area contributed by atoms with Gasteiger partial charge in [0.25, 0.3) is 10.0 Å². The summed E-state index contributed by atoms with van der Waals surface area (Å²) in [6, 6.07) is 27.7. The number of sulfonamides is 1. The molecule has 0 aliphatic heterocycles. The Kier molecular flexibility index (Phi) is 12.1. The molecule has 0 fully saturated rings. The van der Waals surface area contributed by atoms with E-state index in [1.807, 2.05) is 44.2 Å². The Morgan fingerprint density at radius 3 is 2.11 bits per heavy atom. The molecule has 8 nitrogen and oxygen atoms in total. The quantitative estimate of drug-likeness (QED) is 0.162. The first kappa shape index (κ1) is 34.8. The van der Waals surface area contributed by atoms with Gasteiger partial charge in [0, 0.05) is 24.5 Å². The average Bonchev–Trinajstić information content (AvgIpc) is 3.04. The minimum absolute atomic E-state index is 0.00774. The molecule has 0 bridgehead atoms. The van der Waals surface area contributed by atoms with Gasteiger partial charge < -0.3 is 15.0 Å². The van der Waals surface area contributed by atoms with Gasteiger partial charge in [-0.25, -0.2) is 8.42 Å². The fourth-order valence-electron chi connectivity index (χ4n) is 4.87. The first-order valence-corrected chi connectivity index (χ1v) is 17.0. The normalized spacial score (nSPS) is 12.0. The van der Waals surface area contributed by atoms with Gasteiger partial charge in [-0.2, -0.15) is 0 Å². The van der Waals surface area contributed by atoms with Crippen LogP contribution in [-0.2, 0) is 32.6 Å². The molecule has 0 aliphatic carbocycles. The zero-order valence-electron chi connectivity index (χ0n) is 25.9. The van der Waals surface area contributed by atoms with E-state index in [-0.39, 0.29) is 40.4 Å². The Labute approximate surface area is 280 Å². The van der Waals surface area contributed by atoms with E-state index < -0.39 is 28.5 Å². The van der Waals surface area contributed by atoms with Gasteiger partial charge in [-0.3, -0.25) is 13.9 Å². The van der Waals surface area contributed by atoms with Gasteiger partial charge in [-0.1, -0.05) is 97.7 Å². The SMILES string of the molecule is COc1ccc(N(CC(=O)N(Cc2cccc(Cl)c2)[C@H](Cc2ccccc2)C(=O)NCC(C)C)S(=O)(=O)c2ccccc2)cc1Cl. The van der Waals surface area contributed by atoms with Crippen molar-refractivity contribution in [3.63, 3.8) is 0 Å². The van der Waals surface area contributed by atoms with Crippen LogP contribution >= 0.6 is 23.2 Å². The Bertz CT molecular complexity index is 1740. The first-order valence-electron chi connectivity index (χ1n) is 14.8. The number of nitrogens with zero attached hydrogens (tertiary/aromatic N) is 2. The number of amides is 2. The van der Waals surface area contributed by atoms with Gasteiger partial charge in [0.05, 0.1) is 22.7 Å². The summed E-state index contributed by atoms with van der Waals surface area (Å²) in [5.41, 5.74) is 1.68. The Morgan fingerprint density at radius 1 is 0.848 bits per heavy atom. The van der Waals surface area contributed by atoms with Crippen LogP contribution < -0.4 is 14.4 Å². The largest absolute Gasteiger partial charge is 0.495 e. The van der Waals surface area contributed by atoms with Crippen LogP contribution in [0.1, 0.15) is 25.0 Å². The lowest BCUT2D eigenvalue weighted by Crippen LogP contribution is -2.53. The molecule has 242 valence electrons. The Morgan fingerprint density at radius 2 is 1.50 bits per heavy atom. The number of carbonyl (C=O) groups excluding carboxylic acids is 2. The third-order valence-corrected chi connectivity index (χ3v) is 9.55. The van der Waals surface area contributed by atoms with E-state index in [2.05, 4.69) is 5.32 Å². The summed E-state index contributed by atoms with van der Waals surface area (Å²) in [6.07, 6.45) is 0.205. The number of halogens is 2. The molecule has 4 aromatic rings. The number of anilines is 1. The highest BCUT2D eigenvalue weighted by Crippen LogP contribution is 2.32. The van der Waals surface area contributed by atoms with Crippen LogP contribution in [0.25, 0.3) is 0 Å². The highest BCUT2D eigenvalue weighted by Gasteiger charge is 2.35. The van der Waals surface area contributed by atoms with E-state index in [0.717, 1.165) is 9.87 Å². The molecule has 0 heterocycles. The highest BCUT2D eigenvalue weighted by atomic mass is 35.5. The van der Waals surface area contributed by atoms with E-state index >= 15 is 0 Å². The van der Waals surface area contributed by atoms with Crippen molar-refractivity contribution in [1.29, 1.82) is 0 Å². The number of hydrogen-bond donors (Lipinski definition) is 1. The molecule has 4 rings (SSSR count). The van der Waals surface area contributed by atoms with Crippen molar-refractivity contribution in [2.75, 3.05) is 24.5 Å². The topological polar surface area (TPSA) is 96.0 Å². The smallest absolute Gasteiger partial charge is 0.264 e. The van der Waals surface area contributed by atoms with Crippen molar-refractivity contribution in [1.82, 2.24) is 10.2 Å². The summed E-state index contributed by atoms with van der Waals surface area (Å²) < 4.78 is 34.5. The molecule has 2 amide bonds. The standard InChI is InChI=1S/C35H37Cl2N3O5S/c1-25(2)22-38-35(42)32(20-26-11-6-4-7-12-26)39(23-27-13-10-14-28(36)19-27)34(41)24-40(29-17-18-33(45-3)31(37)21-29)46(43,44)30-15-8-5-9-16-30/h4-19,21,25,32H,20,22-24H2,1-3H3,(H,38,42)/t32-/m1/s1. The van der Waals surface area contributed by atoms with E-state index in [1.165, 1.54) is 42.3 Å². The molecule has 0 aromatic heterocycles. The molecular formula is C35H37Cl2N3O5S. The number of benzene rings is 4. The fraction of sp³-hybridized carbons (Fsp3) is 0.257. The second kappa shape index (κ2) is 16.0. The van der Waals surface area contributed by atoms with Crippen LogP contribution in [0.2, 0.25) is 10.0 Å². The van der Waals surface area contributed by atoms with E-state index in [1.54, 1.807) is 42.5 Å². The molecule has 1 atom stereocenters. The van der Waals surface area contributed by atoms with E-state index in [0.29, 0.717) is 22.9 Å². The Balaban J connectivity index is 1.81. The van der Waals surface area contributed by atoms with Crippen LogP contribution in [0.4, 0.5) is 5.69 Å². The second-order valence-corrected chi connectivity index (χ2v) is 13.8. The number of carbonyl (C=O) groups is 2. The maximum absolute atomic E-state index is 14.5. The zero-order chi connectivity index (χ0) is 33.3.